The standard InChI is InChI=1S/C19H19N5O/c25-19(16-6-10-20-11-7-16)24-12-8-15(9-13-24)18-21-17(22-23-18)14-4-2-1-3-5-14/h1-7,10-11,15H,8-9,12-13H2,(H,21,22,23). The molecule has 6 nitrogen and oxygen atoms in total. The molecule has 0 unspecified atom stereocenters. The largest absolute Gasteiger partial charge is 0.339 e. The summed E-state index contributed by atoms with van der Waals surface area (Å²) in [6.07, 6.45) is 5.08. The molecule has 0 saturated carbocycles. The van der Waals surface area contributed by atoms with Crippen molar-refractivity contribution in [3.8, 4) is 11.4 Å². The first-order valence-electron chi connectivity index (χ1n) is 8.48. The van der Waals surface area contributed by atoms with Crippen LogP contribution in [0.4, 0.5) is 0 Å². The summed E-state index contributed by atoms with van der Waals surface area (Å²) in [5.41, 5.74) is 1.70. The van der Waals surface area contributed by atoms with E-state index in [1.165, 1.54) is 0 Å². The van der Waals surface area contributed by atoms with Crippen molar-refractivity contribution >= 4 is 5.91 Å². The van der Waals surface area contributed by atoms with Crippen molar-refractivity contribution in [1.29, 1.82) is 0 Å². The Morgan fingerprint density at radius 3 is 2.48 bits per heavy atom. The van der Waals surface area contributed by atoms with Crippen molar-refractivity contribution < 1.29 is 4.79 Å². The minimum absolute atomic E-state index is 0.0726. The van der Waals surface area contributed by atoms with E-state index in [1.54, 1.807) is 24.5 Å². The highest BCUT2D eigenvalue weighted by atomic mass is 16.2. The van der Waals surface area contributed by atoms with Gasteiger partial charge in [0.15, 0.2) is 5.82 Å². The average molecular weight is 333 g/mol. The quantitative estimate of drug-likeness (QED) is 0.800. The number of carbonyl (C=O) groups is 1. The number of piperidine rings is 1. The Morgan fingerprint density at radius 2 is 1.76 bits per heavy atom. The molecule has 2 aromatic heterocycles. The third-order valence-electron chi connectivity index (χ3n) is 4.63. The zero-order valence-electron chi connectivity index (χ0n) is 13.8. The van der Waals surface area contributed by atoms with Crippen LogP contribution >= 0.6 is 0 Å². The molecule has 1 amide bonds. The first kappa shape index (κ1) is 15.5. The van der Waals surface area contributed by atoms with Crippen LogP contribution in [-0.4, -0.2) is 44.1 Å². The monoisotopic (exact) mass is 333 g/mol. The highest BCUT2D eigenvalue weighted by Gasteiger charge is 2.26. The molecule has 1 aromatic carbocycles. The number of nitrogens with zero attached hydrogens (tertiary/aromatic N) is 4. The summed E-state index contributed by atoms with van der Waals surface area (Å²) < 4.78 is 0. The van der Waals surface area contributed by atoms with Gasteiger partial charge in [-0.05, 0) is 25.0 Å². The van der Waals surface area contributed by atoms with Crippen LogP contribution < -0.4 is 0 Å². The SMILES string of the molecule is O=C(c1ccncc1)N1CCC(c2nc(-c3ccccc3)n[nH]2)CC1. The van der Waals surface area contributed by atoms with Gasteiger partial charge in [-0.1, -0.05) is 30.3 Å². The van der Waals surface area contributed by atoms with Gasteiger partial charge in [-0.25, -0.2) is 4.98 Å². The molecular formula is C19H19N5O. The number of pyridine rings is 1. The van der Waals surface area contributed by atoms with Crippen molar-refractivity contribution in [3.05, 3.63) is 66.2 Å². The maximum atomic E-state index is 12.5. The van der Waals surface area contributed by atoms with Gasteiger partial charge in [-0.15, -0.1) is 0 Å². The normalized spacial score (nSPS) is 15.3. The van der Waals surface area contributed by atoms with Crippen molar-refractivity contribution in [2.45, 2.75) is 18.8 Å². The Labute approximate surface area is 145 Å². The van der Waals surface area contributed by atoms with Crippen molar-refractivity contribution in [1.82, 2.24) is 25.1 Å². The number of H-pyrrole nitrogens is 1. The second-order valence-electron chi connectivity index (χ2n) is 6.21. The predicted molar refractivity (Wildman–Crippen MR) is 93.9 cm³/mol. The molecule has 4 rings (SSSR count). The second kappa shape index (κ2) is 6.84. The van der Waals surface area contributed by atoms with Crippen molar-refractivity contribution in [2.24, 2.45) is 0 Å². The summed E-state index contributed by atoms with van der Waals surface area (Å²) in [6.45, 7) is 1.46. The molecule has 126 valence electrons. The van der Waals surface area contributed by atoms with Crippen molar-refractivity contribution in [3.63, 3.8) is 0 Å². The molecule has 3 heterocycles. The number of hydrogen-bond acceptors (Lipinski definition) is 4. The lowest BCUT2D eigenvalue weighted by atomic mass is 9.95. The summed E-state index contributed by atoms with van der Waals surface area (Å²) in [5.74, 6) is 2.02. The molecule has 25 heavy (non-hydrogen) atoms. The number of aromatic amines is 1. The number of hydrogen-bond donors (Lipinski definition) is 1. The van der Waals surface area contributed by atoms with E-state index < -0.39 is 0 Å². The summed E-state index contributed by atoms with van der Waals surface area (Å²) in [4.78, 5) is 23.0. The molecule has 0 radical (unpaired) electrons. The lowest BCUT2D eigenvalue weighted by Gasteiger charge is -2.31. The molecular weight excluding hydrogens is 314 g/mol. The lowest BCUT2D eigenvalue weighted by Crippen LogP contribution is -2.38. The van der Waals surface area contributed by atoms with Gasteiger partial charge in [0.2, 0.25) is 0 Å². The highest BCUT2D eigenvalue weighted by Crippen LogP contribution is 2.27. The Bertz CT molecular complexity index is 839. The molecule has 1 saturated heterocycles. The van der Waals surface area contributed by atoms with Gasteiger partial charge in [-0.3, -0.25) is 14.9 Å². The first-order valence-corrected chi connectivity index (χ1v) is 8.48. The molecule has 1 fully saturated rings. The molecule has 0 spiro atoms. The van der Waals surface area contributed by atoms with E-state index in [-0.39, 0.29) is 5.91 Å². The minimum atomic E-state index is 0.0726. The minimum Gasteiger partial charge on any atom is -0.339 e. The zero-order valence-corrected chi connectivity index (χ0v) is 13.8. The zero-order chi connectivity index (χ0) is 17.1. The van der Waals surface area contributed by atoms with Gasteiger partial charge < -0.3 is 4.90 Å². The molecule has 3 aromatic rings. The molecule has 0 atom stereocenters. The van der Waals surface area contributed by atoms with Crippen LogP contribution in [0.25, 0.3) is 11.4 Å². The maximum absolute atomic E-state index is 12.5. The fourth-order valence-corrected chi connectivity index (χ4v) is 3.21. The van der Waals surface area contributed by atoms with Crippen LogP contribution in [0.5, 0.6) is 0 Å². The Kier molecular flexibility index (Phi) is 4.24. The molecule has 0 bridgehead atoms. The predicted octanol–water partition coefficient (Wildman–Crippen LogP) is 2.89. The summed E-state index contributed by atoms with van der Waals surface area (Å²) in [5, 5.41) is 7.42. The molecule has 1 aliphatic heterocycles. The van der Waals surface area contributed by atoms with Gasteiger partial charge in [0, 0.05) is 42.5 Å². The van der Waals surface area contributed by atoms with Gasteiger partial charge in [0.1, 0.15) is 5.82 Å². The topological polar surface area (TPSA) is 74.8 Å². The molecule has 1 N–H and O–H groups in total. The smallest absolute Gasteiger partial charge is 0.253 e. The number of carbonyl (C=O) groups excluding carboxylic acids is 1. The van der Waals surface area contributed by atoms with Crippen LogP contribution in [0, 0.1) is 0 Å². The number of nitrogens with one attached hydrogen (secondary N) is 1. The van der Waals surface area contributed by atoms with Gasteiger partial charge in [-0.2, -0.15) is 5.10 Å². The van der Waals surface area contributed by atoms with Crippen LogP contribution in [0.2, 0.25) is 0 Å². The second-order valence-corrected chi connectivity index (χ2v) is 6.21. The van der Waals surface area contributed by atoms with Gasteiger partial charge >= 0.3 is 0 Å². The van der Waals surface area contributed by atoms with E-state index in [1.807, 2.05) is 35.2 Å². The number of rotatable bonds is 3. The summed E-state index contributed by atoms with van der Waals surface area (Å²) >= 11 is 0. The number of amides is 1. The fraction of sp³-hybridized carbons (Fsp3) is 0.263. The Balaban J connectivity index is 1.41. The summed E-state index contributed by atoms with van der Waals surface area (Å²) in [6, 6.07) is 13.5. The Hall–Kier alpha value is -3.02. The van der Waals surface area contributed by atoms with E-state index in [9.17, 15) is 4.79 Å². The highest BCUT2D eigenvalue weighted by molar-refractivity contribution is 5.94. The lowest BCUT2D eigenvalue weighted by molar-refractivity contribution is 0.0711. The number of benzene rings is 1. The number of aromatic nitrogens is 4. The Morgan fingerprint density at radius 1 is 1.04 bits per heavy atom. The molecule has 6 heteroatoms. The first-order chi connectivity index (χ1) is 12.3. The third kappa shape index (κ3) is 3.28. The van der Waals surface area contributed by atoms with E-state index >= 15 is 0 Å². The van der Waals surface area contributed by atoms with E-state index in [4.69, 9.17) is 0 Å². The van der Waals surface area contributed by atoms with E-state index in [0.717, 1.165) is 43.1 Å². The fourth-order valence-electron chi connectivity index (χ4n) is 3.21. The van der Waals surface area contributed by atoms with Crippen LogP contribution in [0.3, 0.4) is 0 Å². The molecule has 1 aliphatic rings. The number of likely N-dealkylation sites (tertiary alicyclic amines) is 1. The van der Waals surface area contributed by atoms with Crippen LogP contribution in [-0.2, 0) is 0 Å². The maximum Gasteiger partial charge on any atom is 0.253 e. The molecule has 0 aliphatic carbocycles. The third-order valence-corrected chi connectivity index (χ3v) is 4.63. The summed E-state index contributed by atoms with van der Waals surface area (Å²) in [7, 11) is 0. The van der Waals surface area contributed by atoms with Crippen molar-refractivity contribution in [2.75, 3.05) is 13.1 Å². The average Bonchev–Trinajstić information content (AvgIpc) is 3.19. The van der Waals surface area contributed by atoms with E-state index in [2.05, 4.69) is 20.2 Å². The van der Waals surface area contributed by atoms with E-state index in [0.29, 0.717) is 11.5 Å². The van der Waals surface area contributed by atoms with Crippen LogP contribution in [0.1, 0.15) is 34.9 Å². The van der Waals surface area contributed by atoms with Gasteiger partial charge in [0.05, 0.1) is 0 Å². The van der Waals surface area contributed by atoms with Gasteiger partial charge in [0.25, 0.3) is 5.91 Å². The van der Waals surface area contributed by atoms with Crippen LogP contribution in [0.15, 0.2) is 54.9 Å².